The molecule has 1 saturated carbocycles. The predicted molar refractivity (Wildman–Crippen MR) is 109 cm³/mol. The Balaban J connectivity index is 1.69. The highest BCUT2D eigenvalue weighted by Crippen LogP contribution is 2.42. The van der Waals surface area contributed by atoms with Crippen molar-refractivity contribution in [3.63, 3.8) is 0 Å². The summed E-state index contributed by atoms with van der Waals surface area (Å²) in [6.45, 7) is 2.78. The van der Waals surface area contributed by atoms with E-state index in [4.69, 9.17) is 0 Å². The maximum absolute atomic E-state index is 13.1. The molecule has 0 bridgehead atoms. The molecular formula is C23H28N2O2. The molecule has 1 fully saturated rings. The van der Waals surface area contributed by atoms with Crippen LogP contribution in [-0.2, 0) is 10.2 Å². The molecule has 0 saturated heterocycles. The van der Waals surface area contributed by atoms with E-state index in [1.807, 2.05) is 18.2 Å². The van der Waals surface area contributed by atoms with E-state index in [-0.39, 0.29) is 11.8 Å². The zero-order valence-corrected chi connectivity index (χ0v) is 16.0. The van der Waals surface area contributed by atoms with Crippen molar-refractivity contribution in [3.8, 4) is 0 Å². The highest BCUT2D eigenvalue weighted by atomic mass is 16.2. The van der Waals surface area contributed by atoms with Gasteiger partial charge in [0.2, 0.25) is 5.91 Å². The summed E-state index contributed by atoms with van der Waals surface area (Å²) in [5, 5.41) is 5.98. The molecular weight excluding hydrogens is 336 g/mol. The fourth-order valence-corrected chi connectivity index (χ4v) is 3.82. The molecule has 0 atom stereocenters. The van der Waals surface area contributed by atoms with E-state index in [1.54, 1.807) is 24.3 Å². The Bertz CT molecular complexity index is 763. The Morgan fingerprint density at radius 1 is 0.963 bits per heavy atom. The number of unbranched alkanes of at least 4 members (excludes halogenated alkanes) is 1. The summed E-state index contributed by atoms with van der Waals surface area (Å²) >= 11 is 0. The van der Waals surface area contributed by atoms with E-state index in [0.29, 0.717) is 12.1 Å². The van der Waals surface area contributed by atoms with Crippen LogP contribution in [0.5, 0.6) is 0 Å². The van der Waals surface area contributed by atoms with E-state index in [2.05, 4.69) is 29.7 Å². The first kappa shape index (κ1) is 19.2. The van der Waals surface area contributed by atoms with Crippen LogP contribution in [0.3, 0.4) is 0 Å². The summed E-state index contributed by atoms with van der Waals surface area (Å²) in [7, 11) is 0. The van der Waals surface area contributed by atoms with Gasteiger partial charge in [-0.1, -0.05) is 56.5 Å². The third-order valence-corrected chi connectivity index (χ3v) is 5.44. The minimum absolute atomic E-state index is 0.0475. The first-order valence-corrected chi connectivity index (χ1v) is 9.91. The normalized spacial score (nSPS) is 15.3. The van der Waals surface area contributed by atoms with Gasteiger partial charge in [-0.2, -0.15) is 0 Å². The number of carbonyl (C=O) groups excluding carboxylic acids is 2. The summed E-state index contributed by atoms with van der Waals surface area (Å²) in [5.41, 5.74) is 1.99. The zero-order chi connectivity index (χ0) is 19.1. The molecule has 27 heavy (non-hydrogen) atoms. The van der Waals surface area contributed by atoms with Crippen molar-refractivity contribution in [2.75, 3.05) is 11.9 Å². The topological polar surface area (TPSA) is 58.2 Å². The van der Waals surface area contributed by atoms with Crippen LogP contribution in [-0.4, -0.2) is 18.4 Å². The lowest BCUT2D eigenvalue weighted by Gasteiger charge is -2.28. The second kappa shape index (κ2) is 8.85. The van der Waals surface area contributed by atoms with E-state index in [0.717, 1.165) is 49.8 Å². The van der Waals surface area contributed by atoms with Crippen LogP contribution in [0, 0.1) is 0 Å². The number of hydrogen-bond donors (Lipinski definition) is 2. The lowest BCUT2D eigenvalue weighted by atomic mass is 9.78. The smallest absolute Gasteiger partial charge is 0.251 e. The third kappa shape index (κ3) is 4.38. The van der Waals surface area contributed by atoms with Crippen molar-refractivity contribution >= 4 is 17.5 Å². The summed E-state index contributed by atoms with van der Waals surface area (Å²) < 4.78 is 0. The minimum atomic E-state index is -0.447. The molecule has 1 aliphatic carbocycles. The van der Waals surface area contributed by atoms with Crippen LogP contribution in [0.2, 0.25) is 0 Å². The number of nitrogens with one attached hydrogen (secondary N) is 2. The summed E-state index contributed by atoms with van der Waals surface area (Å²) in [4.78, 5) is 25.2. The van der Waals surface area contributed by atoms with Gasteiger partial charge in [0.05, 0.1) is 5.41 Å². The molecule has 0 heterocycles. The molecule has 142 valence electrons. The lowest BCUT2D eigenvalue weighted by molar-refractivity contribution is -0.121. The van der Waals surface area contributed by atoms with Crippen LogP contribution >= 0.6 is 0 Å². The number of carbonyl (C=O) groups is 2. The summed E-state index contributed by atoms with van der Waals surface area (Å²) in [5.74, 6) is -0.0239. The lowest BCUT2D eigenvalue weighted by Crippen LogP contribution is -2.37. The second-order valence-electron chi connectivity index (χ2n) is 7.30. The average molecular weight is 364 g/mol. The monoisotopic (exact) mass is 364 g/mol. The predicted octanol–water partition coefficient (Wildman–Crippen LogP) is 4.67. The molecule has 0 spiro atoms. The first-order chi connectivity index (χ1) is 13.2. The summed E-state index contributed by atoms with van der Waals surface area (Å²) in [6.07, 6.45) is 5.91. The van der Waals surface area contributed by atoms with Crippen molar-refractivity contribution in [1.82, 2.24) is 5.32 Å². The number of amides is 2. The maximum atomic E-state index is 13.1. The Labute approximate surface area is 161 Å². The second-order valence-corrected chi connectivity index (χ2v) is 7.30. The Morgan fingerprint density at radius 3 is 2.26 bits per heavy atom. The molecule has 4 heteroatoms. The number of hydrogen-bond acceptors (Lipinski definition) is 2. The van der Waals surface area contributed by atoms with Gasteiger partial charge in [-0.15, -0.1) is 0 Å². The molecule has 2 amide bonds. The fourth-order valence-electron chi connectivity index (χ4n) is 3.82. The Kier molecular flexibility index (Phi) is 6.28. The van der Waals surface area contributed by atoms with Gasteiger partial charge in [0.25, 0.3) is 5.91 Å². The van der Waals surface area contributed by atoms with Crippen LogP contribution in [0.15, 0.2) is 54.6 Å². The van der Waals surface area contributed by atoms with Crippen molar-refractivity contribution in [3.05, 3.63) is 65.7 Å². The molecule has 0 unspecified atom stereocenters. The minimum Gasteiger partial charge on any atom is -0.352 e. The van der Waals surface area contributed by atoms with Crippen molar-refractivity contribution < 1.29 is 9.59 Å². The number of anilines is 1. The van der Waals surface area contributed by atoms with Crippen LogP contribution in [0.25, 0.3) is 0 Å². The maximum Gasteiger partial charge on any atom is 0.251 e. The van der Waals surface area contributed by atoms with Crippen LogP contribution in [0.1, 0.15) is 61.4 Å². The standard InChI is InChI=1S/C23H28N2O2/c1-2-3-17-24-21(26)18-11-13-20(14-12-18)25-22(27)23(15-7-8-16-23)19-9-5-4-6-10-19/h4-6,9-14H,2-3,7-8,15-17H2,1H3,(H,24,26)(H,25,27). The van der Waals surface area contributed by atoms with Crippen molar-refractivity contribution in [2.24, 2.45) is 0 Å². The average Bonchev–Trinajstić information content (AvgIpc) is 3.21. The molecule has 2 aromatic rings. The summed E-state index contributed by atoms with van der Waals surface area (Å²) in [6, 6.07) is 17.2. The molecule has 4 nitrogen and oxygen atoms in total. The van der Waals surface area contributed by atoms with Gasteiger partial charge in [0, 0.05) is 17.8 Å². The first-order valence-electron chi connectivity index (χ1n) is 9.91. The van der Waals surface area contributed by atoms with Crippen LogP contribution in [0.4, 0.5) is 5.69 Å². The van der Waals surface area contributed by atoms with Crippen molar-refractivity contribution in [2.45, 2.75) is 50.9 Å². The van der Waals surface area contributed by atoms with Gasteiger partial charge in [0.1, 0.15) is 0 Å². The van der Waals surface area contributed by atoms with Crippen molar-refractivity contribution in [1.29, 1.82) is 0 Å². The molecule has 0 radical (unpaired) electrons. The molecule has 3 rings (SSSR count). The van der Waals surface area contributed by atoms with Gasteiger partial charge < -0.3 is 10.6 Å². The molecule has 0 aliphatic heterocycles. The largest absolute Gasteiger partial charge is 0.352 e. The van der Waals surface area contributed by atoms with Gasteiger partial charge in [-0.25, -0.2) is 0 Å². The molecule has 1 aliphatic rings. The zero-order valence-electron chi connectivity index (χ0n) is 16.0. The molecule has 2 N–H and O–H groups in total. The van der Waals surface area contributed by atoms with Crippen LogP contribution < -0.4 is 10.6 Å². The van der Waals surface area contributed by atoms with Gasteiger partial charge >= 0.3 is 0 Å². The fraction of sp³-hybridized carbons (Fsp3) is 0.391. The SMILES string of the molecule is CCCCNC(=O)c1ccc(NC(=O)C2(c3ccccc3)CCCC2)cc1. The van der Waals surface area contributed by atoms with E-state index >= 15 is 0 Å². The highest BCUT2D eigenvalue weighted by Gasteiger charge is 2.42. The number of benzene rings is 2. The Hall–Kier alpha value is -2.62. The molecule has 2 aromatic carbocycles. The third-order valence-electron chi connectivity index (χ3n) is 5.44. The molecule has 0 aromatic heterocycles. The number of rotatable bonds is 7. The van der Waals surface area contributed by atoms with E-state index in [9.17, 15) is 9.59 Å². The van der Waals surface area contributed by atoms with Gasteiger partial charge in [0.15, 0.2) is 0 Å². The van der Waals surface area contributed by atoms with Gasteiger partial charge in [-0.3, -0.25) is 9.59 Å². The quantitative estimate of drug-likeness (QED) is 0.702. The highest BCUT2D eigenvalue weighted by molar-refractivity contribution is 6.00. The van der Waals surface area contributed by atoms with E-state index < -0.39 is 5.41 Å². The van der Waals surface area contributed by atoms with Gasteiger partial charge in [-0.05, 0) is 49.1 Å². The Morgan fingerprint density at radius 2 is 1.63 bits per heavy atom. The van der Waals surface area contributed by atoms with E-state index in [1.165, 1.54) is 0 Å².